The molecule has 170 valence electrons. The Balaban J connectivity index is 1.97. The second-order valence-electron chi connectivity index (χ2n) is 10.2. The minimum atomic E-state index is -0.994. The normalized spacial score (nSPS) is 14.8. The maximum Gasteiger partial charge on any atom is 0.309 e. The summed E-state index contributed by atoms with van der Waals surface area (Å²) in [6.45, 7) is 8.26. The molecule has 1 aliphatic rings. The maximum atomic E-state index is 13.7. The molecule has 0 aliphatic heterocycles. The summed E-state index contributed by atoms with van der Waals surface area (Å²) in [5.74, 6) is -0.322. The van der Waals surface area contributed by atoms with E-state index in [0.29, 0.717) is 12.5 Å². The van der Waals surface area contributed by atoms with Gasteiger partial charge in [0.05, 0.1) is 17.7 Å². The van der Waals surface area contributed by atoms with E-state index in [9.17, 15) is 14.7 Å². The van der Waals surface area contributed by atoms with Crippen molar-refractivity contribution in [3.8, 4) is 0 Å². The van der Waals surface area contributed by atoms with Crippen LogP contribution in [0.1, 0.15) is 80.2 Å². The predicted octanol–water partition coefficient (Wildman–Crippen LogP) is 5.18. The van der Waals surface area contributed by atoms with Crippen LogP contribution >= 0.6 is 0 Å². The number of hydrogen-bond acceptors (Lipinski definition) is 3. The van der Waals surface area contributed by atoms with Gasteiger partial charge in [-0.1, -0.05) is 26.3 Å². The van der Waals surface area contributed by atoms with E-state index < -0.39 is 11.4 Å². The maximum absolute atomic E-state index is 13.7. The Morgan fingerprint density at radius 3 is 2.47 bits per heavy atom. The molecule has 0 bridgehead atoms. The van der Waals surface area contributed by atoms with Gasteiger partial charge in [-0.3, -0.25) is 14.3 Å². The molecule has 0 unspecified atom stereocenters. The van der Waals surface area contributed by atoms with E-state index in [0.717, 1.165) is 47.1 Å². The number of carboxylic acid groups (broad SMARTS) is 1. The first kappa shape index (κ1) is 22.3. The first-order valence-corrected chi connectivity index (χ1v) is 11.5. The lowest BCUT2D eigenvalue weighted by molar-refractivity contribution is -0.146. The fraction of sp³-hybridized carbons (Fsp3) is 0.500. The summed E-state index contributed by atoms with van der Waals surface area (Å²) in [6, 6.07) is 8.31. The van der Waals surface area contributed by atoms with Gasteiger partial charge < -0.3 is 9.67 Å². The van der Waals surface area contributed by atoms with Crippen molar-refractivity contribution in [2.24, 2.45) is 18.4 Å². The summed E-state index contributed by atoms with van der Waals surface area (Å²) in [7, 11) is 1.88. The molecule has 1 aromatic carbocycles. The number of carbonyl (C=O) groups excluding carboxylic acids is 1. The molecule has 1 aliphatic carbocycles. The highest BCUT2D eigenvalue weighted by molar-refractivity contribution is 6.11. The summed E-state index contributed by atoms with van der Waals surface area (Å²) in [6.07, 6.45) is 5.10. The van der Waals surface area contributed by atoms with Crippen molar-refractivity contribution in [3.63, 3.8) is 0 Å². The Morgan fingerprint density at radius 1 is 1.22 bits per heavy atom. The lowest BCUT2D eigenvalue weighted by Crippen LogP contribution is -2.29. The van der Waals surface area contributed by atoms with E-state index in [1.165, 1.54) is 5.56 Å². The minimum Gasteiger partial charge on any atom is -0.481 e. The molecule has 0 radical (unpaired) electrons. The van der Waals surface area contributed by atoms with Crippen LogP contribution in [-0.4, -0.2) is 31.2 Å². The van der Waals surface area contributed by atoms with Crippen LogP contribution in [0.25, 0.3) is 10.9 Å². The van der Waals surface area contributed by atoms with Gasteiger partial charge in [0.2, 0.25) is 0 Å². The molecule has 0 spiro atoms. The van der Waals surface area contributed by atoms with Gasteiger partial charge in [0.15, 0.2) is 5.78 Å². The van der Waals surface area contributed by atoms with Crippen LogP contribution in [0.3, 0.4) is 0 Å². The van der Waals surface area contributed by atoms with Crippen molar-refractivity contribution < 1.29 is 14.7 Å². The Hall–Kier alpha value is -2.89. The van der Waals surface area contributed by atoms with Crippen LogP contribution in [0.15, 0.2) is 30.5 Å². The third kappa shape index (κ3) is 3.98. The van der Waals surface area contributed by atoms with Gasteiger partial charge in [-0.15, -0.1) is 0 Å². The lowest BCUT2D eigenvalue weighted by Gasteiger charge is -2.26. The molecule has 3 aromatic rings. The molecule has 0 atom stereocenters. The van der Waals surface area contributed by atoms with Gasteiger partial charge in [0.25, 0.3) is 0 Å². The molecule has 6 heteroatoms. The van der Waals surface area contributed by atoms with Crippen molar-refractivity contribution in [2.45, 2.75) is 65.8 Å². The van der Waals surface area contributed by atoms with Gasteiger partial charge in [0, 0.05) is 47.7 Å². The zero-order valence-corrected chi connectivity index (χ0v) is 19.7. The molecule has 1 N–H and O–H groups in total. The number of fused-ring (bicyclic) bond motifs is 1. The molecule has 2 aromatic heterocycles. The quantitative estimate of drug-likeness (QED) is 0.495. The van der Waals surface area contributed by atoms with Crippen molar-refractivity contribution in [2.75, 3.05) is 0 Å². The molecule has 1 fully saturated rings. The molecule has 1 saturated carbocycles. The third-order valence-corrected chi connectivity index (χ3v) is 6.86. The zero-order valence-electron chi connectivity index (χ0n) is 19.7. The van der Waals surface area contributed by atoms with Crippen molar-refractivity contribution in [1.82, 2.24) is 14.3 Å². The minimum absolute atomic E-state index is 0.0401. The van der Waals surface area contributed by atoms with E-state index in [4.69, 9.17) is 0 Å². The topological polar surface area (TPSA) is 77.1 Å². The molecule has 6 nitrogen and oxygen atoms in total. The van der Waals surface area contributed by atoms with Crippen LogP contribution < -0.4 is 0 Å². The number of carboxylic acids is 1. The second-order valence-corrected chi connectivity index (χ2v) is 10.2. The molecular weight excluding hydrogens is 402 g/mol. The average Bonchev–Trinajstić information content (AvgIpc) is 3.21. The zero-order chi connectivity index (χ0) is 23.2. The number of Topliss-reactive ketones (excluding diaryl/α,β-unsaturated/α-hetero) is 1. The molecule has 0 amide bonds. The number of nitrogens with zero attached hydrogens (tertiary/aromatic N) is 3. The van der Waals surface area contributed by atoms with E-state index in [2.05, 4.69) is 41.7 Å². The number of aromatic nitrogens is 3. The molecule has 32 heavy (non-hydrogen) atoms. The largest absolute Gasteiger partial charge is 0.481 e. The number of carbonyl (C=O) groups is 2. The number of hydrogen-bond donors (Lipinski definition) is 1. The van der Waals surface area contributed by atoms with Crippen LogP contribution in [0.2, 0.25) is 0 Å². The van der Waals surface area contributed by atoms with Crippen LogP contribution in [-0.2, 0) is 24.8 Å². The van der Waals surface area contributed by atoms with E-state index in [1.54, 1.807) is 18.5 Å². The molecule has 2 heterocycles. The summed E-state index contributed by atoms with van der Waals surface area (Å²) in [5, 5.41) is 15.4. The number of benzene rings is 1. The van der Waals surface area contributed by atoms with Crippen molar-refractivity contribution >= 4 is 22.7 Å². The van der Waals surface area contributed by atoms with Crippen molar-refractivity contribution in [1.29, 1.82) is 0 Å². The molecular formula is C26H33N3O3. The summed E-state index contributed by atoms with van der Waals surface area (Å²) in [5.41, 5.74) is 3.58. The van der Waals surface area contributed by atoms with Gasteiger partial charge in [-0.2, -0.15) is 5.10 Å². The summed E-state index contributed by atoms with van der Waals surface area (Å²) < 4.78 is 3.89. The Morgan fingerprint density at radius 2 is 1.94 bits per heavy atom. The second kappa shape index (κ2) is 8.23. The van der Waals surface area contributed by atoms with E-state index in [1.807, 2.05) is 19.3 Å². The van der Waals surface area contributed by atoms with E-state index >= 15 is 0 Å². The van der Waals surface area contributed by atoms with Crippen molar-refractivity contribution in [3.05, 3.63) is 53.0 Å². The standard InChI is InChI=1S/C26H33N3O3/c1-16(2)18-9-10-21-20(13-18)23(24(30)17-7-6-8-17)22(14-26(3,4)25(31)32)29(21)15-19-11-12-28(5)27-19/h9-13,16-17H,6-8,14-15H2,1-5H3,(H,31,32). The summed E-state index contributed by atoms with van der Waals surface area (Å²) >= 11 is 0. The fourth-order valence-electron chi connectivity index (χ4n) is 4.50. The highest BCUT2D eigenvalue weighted by Crippen LogP contribution is 2.38. The highest BCUT2D eigenvalue weighted by Gasteiger charge is 2.36. The lowest BCUT2D eigenvalue weighted by atomic mass is 9.78. The highest BCUT2D eigenvalue weighted by atomic mass is 16.4. The SMILES string of the molecule is CC(C)c1ccc2c(c1)c(C(=O)C1CCC1)c(CC(C)(C)C(=O)O)n2Cc1ccn(C)n1. The molecule has 0 saturated heterocycles. The van der Waals surface area contributed by atoms with Crippen LogP contribution in [0, 0.1) is 11.3 Å². The number of ketones is 1. The van der Waals surface area contributed by atoms with E-state index in [-0.39, 0.29) is 18.1 Å². The van der Waals surface area contributed by atoms with Crippen LogP contribution in [0.4, 0.5) is 0 Å². The smallest absolute Gasteiger partial charge is 0.309 e. The monoisotopic (exact) mass is 435 g/mol. The Bertz CT molecular complexity index is 1180. The van der Waals surface area contributed by atoms with Gasteiger partial charge in [0.1, 0.15) is 0 Å². The van der Waals surface area contributed by atoms with Gasteiger partial charge >= 0.3 is 5.97 Å². The first-order chi connectivity index (χ1) is 15.1. The fourth-order valence-corrected chi connectivity index (χ4v) is 4.50. The Kier molecular flexibility index (Phi) is 5.74. The Labute approximate surface area is 189 Å². The van der Waals surface area contributed by atoms with Gasteiger partial charge in [-0.25, -0.2) is 0 Å². The molecule has 4 rings (SSSR count). The number of rotatable bonds is 8. The third-order valence-electron chi connectivity index (χ3n) is 6.86. The average molecular weight is 436 g/mol. The summed E-state index contributed by atoms with van der Waals surface area (Å²) in [4.78, 5) is 25.7. The predicted molar refractivity (Wildman–Crippen MR) is 125 cm³/mol. The van der Waals surface area contributed by atoms with Crippen LogP contribution in [0.5, 0.6) is 0 Å². The first-order valence-electron chi connectivity index (χ1n) is 11.5. The number of aryl methyl sites for hydroxylation is 1. The van der Waals surface area contributed by atoms with Gasteiger partial charge in [-0.05, 0) is 56.4 Å². The number of aliphatic carboxylic acids is 1.